The van der Waals surface area contributed by atoms with E-state index in [1.807, 2.05) is 0 Å². The van der Waals surface area contributed by atoms with Crippen LogP contribution in [0, 0.1) is 0 Å². The molecule has 1 unspecified atom stereocenters. The maximum Gasteiger partial charge on any atom is 0.438 e. The molecule has 0 aromatic rings. The molecule has 0 rings (SSSR count). The fraction of sp³-hybridized carbons (Fsp3) is 0.769. The molecule has 0 spiro atoms. The molecule has 19 heteroatoms. The van der Waals surface area contributed by atoms with Crippen LogP contribution in [-0.2, 0) is 14.3 Å². The van der Waals surface area contributed by atoms with Gasteiger partial charge in [0, 0.05) is 12.5 Å². The summed E-state index contributed by atoms with van der Waals surface area (Å²) in [5, 5.41) is 8.95. The molecule has 0 heterocycles. The monoisotopic (exact) mass is 514 g/mol. The first-order valence-electron chi connectivity index (χ1n) is 7.33. The van der Waals surface area contributed by atoms with E-state index in [2.05, 4.69) is 16.1 Å². The molecular weight excluding hydrogens is 505 g/mol. The highest BCUT2D eigenvalue weighted by molar-refractivity contribution is 5.81. The number of carbonyl (C=O) groups excluding carboxylic acids is 1. The lowest BCUT2D eigenvalue weighted by Crippen LogP contribution is -2.75. The predicted molar refractivity (Wildman–Crippen MR) is 68.6 cm³/mol. The number of hydrogen-bond acceptors (Lipinski definition) is 4. The number of halogens is 15. The number of hydrogen-bond donors (Lipinski definition) is 1. The number of aliphatic hydroxyl groups excluding tert-OH is 1. The second-order valence-electron chi connectivity index (χ2n) is 5.63. The largest absolute Gasteiger partial charge is 0.438 e. The van der Waals surface area contributed by atoms with Crippen molar-refractivity contribution >= 4 is 5.97 Å². The molecule has 0 aromatic heterocycles. The van der Waals surface area contributed by atoms with Gasteiger partial charge in [-0.2, -0.15) is 61.5 Å². The molecule has 0 aromatic carbocycles. The van der Waals surface area contributed by atoms with Crippen molar-refractivity contribution in [3.63, 3.8) is 0 Å². The van der Waals surface area contributed by atoms with Gasteiger partial charge in [0.05, 0.1) is 6.61 Å². The molecule has 0 aliphatic heterocycles. The first kappa shape index (κ1) is 30.1. The van der Waals surface area contributed by atoms with Crippen LogP contribution < -0.4 is 0 Å². The van der Waals surface area contributed by atoms with Crippen molar-refractivity contribution in [2.45, 2.75) is 54.6 Å². The van der Waals surface area contributed by atoms with Gasteiger partial charge in [-0.25, -0.2) is 9.18 Å². The van der Waals surface area contributed by atoms with Gasteiger partial charge in [-0.05, 0) is 0 Å². The fourth-order valence-corrected chi connectivity index (χ4v) is 1.73. The van der Waals surface area contributed by atoms with E-state index in [9.17, 15) is 70.7 Å². The van der Waals surface area contributed by atoms with Gasteiger partial charge in [0.25, 0.3) is 0 Å². The van der Waals surface area contributed by atoms with Gasteiger partial charge in [0.2, 0.25) is 6.29 Å². The average Bonchev–Trinajstić information content (AvgIpc) is 2.57. The molecular formula is C13H9F15O4. The third-order valence-corrected chi connectivity index (χ3v) is 3.44. The lowest BCUT2D eigenvalue weighted by atomic mass is 9.87. The van der Waals surface area contributed by atoms with Gasteiger partial charge in [-0.1, -0.05) is 6.58 Å². The van der Waals surface area contributed by atoms with Crippen molar-refractivity contribution in [2.75, 3.05) is 6.61 Å². The van der Waals surface area contributed by atoms with E-state index in [-0.39, 0.29) is 0 Å². The second-order valence-corrected chi connectivity index (χ2v) is 5.63. The molecule has 1 atom stereocenters. The molecule has 0 saturated heterocycles. The minimum absolute atomic E-state index is 0.375. The van der Waals surface area contributed by atoms with Gasteiger partial charge < -0.3 is 14.6 Å². The third kappa shape index (κ3) is 4.86. The maximum absolute atomic E-state index is 13.4. The van der Waals surface area contributed by atoms with Crippen molar-refractivity contribution in [2.24, 2.45) is 0 Å². The van der Waals surface area contributed by atoms with Crippen LogP contribution in [0.4, 0.5) is 65.9 Å². The number of carbonyl (C=O) groups is 1. The number of aliphatic hydroxyl groups is 1. The van der Waals surface area contributed by atoms with Gasteiger partial charge >= 0.3 is 47.9 Å². The number of ether oxygens (including phenoxy) is 2. The zero-order chi connectivity index (χ0) is 26.2. The summed E-state index contributed by atoms with van der Waals surface area (Å²) in [5.74, 6) is -26.2. The van der Waals surface area contributed by atoms with Crippen molar-refractivity contribution in [1.29, 1.82) is 0 Å². The summed E-state index contributed by atoms with van der Waals surface area (Å²) in [6, 6.07) is 0. The first-order chi connectivity index (χ1) is 13.8. The molecule has 1 N–H and O–H groups in total. The van der Waals surface area contributed by atoms with Crippen molar-refractivity contribution in [3.05, 3.63) is 12.7 Å². The second kappa shape index (κ2) is 8.79. The molecule has 190 valence electrons. The van der Waals surface area contributed by atoms with Crippen LogP contribution in [0.3, 0.4) is 0 Å². The Hall–Kier alpha value is -1.92. The van der Waals surface area contributed by atoms with E-state index in [0.717, 1.165) is 0 Å². The van der Waals surface area contributed by atoms with Gasteiger partial charge in [0.1, 0.15) is 0 Å². The van der Waals surface area contributed by atoms with E-state index in [1.54, 1.807) is 0 Å². The summed E-state index contributed by atoms with van der Waals surface area (Å²) in [6.07, 6.45) is -26.6. The molecule has 32 heavy (non-hydrogen) atoms. The molecule has 0 amide bonds. The van der Waals surface area contributed by atoms with E-state index in [1.165, 1.54) is 0 Å². The van der Waals surface area contributed by atoms with Gasteiger partial charge in [-0.15, -0.1) is 0 Å². The molecule has 4 nitrogen and oxygen atoms in total. The summed E-state index contributed by atoms with van der Waals surface area (Å²) in [4.78, 5) is 10.6. The van der Waals surface area contributed by atoms with Crippen molar-refractivity contribution in [3.8, 4) is 0 Å². The minimum atomic E-state index is -8.55. The van der Waals surface area contributed by atoms with Crippen LogP contribution in [0.1, 0.15) is 6.42 Å². The van der Waals surface area contributed by atoms with Crippen LogP contribution in [-0.4, -0.2) is 65.9 Å². The Morgan fingerprint density at radius 3 is 1.53 bits per heavy atom. The third-order valence-electron chi connectivity index (χ3n) is 3.44. The maximum atomic E-state index is 13.4. The highest BCUT2D eigenvalue weighted by Gasteiger charge is 2.96. The highest BCUT2D eigenvalue weighted by Crippen LogP contribution is 2.63. The lowest BCUT2D eigenvalue weighted by Gasteiger charge is -2.42. The van der Waals surface area contributed by atoms with Gasteiger partial charge in [0.15, 0.2) is 0 Å². The molecule has 0 aliphatic carbocycles. The summed E-state index contributed by atoms with van der Waals surface area (Å²) in [7, 11) is 0. The summed E-state index contributed by atoms with van der Waals surface area (Å²) < 4.78 is 201. The standard InChI is InChI=1S/C13H9F15O4/c1-2-5(29)32-6(30)3-4-31-13(27,28)10(19,20)9(17,18)8(15,16)7(14,11(21,22)23)12(24,25)26/h2,6,30H,1,3-4H2. The summed E-state index contributed by atoms with van der Waals surface area (Å²) >= 11 is 0. The molecule has 0 saturated carbocycles. The number of esters is 1. The van der Waals surface area contributed by atoms with Crippen molar-refractivity contribution < 1.29 is 85.2 Å². The fourth-order valence-electron chi connectivity index (χ4n) is 1.73. The topological polar surface area (TPSA) is 55.8 Å². The van der Waals surface area contributed by atoms with Crippen LogP contribution in [0.15, 0.2) is 12.7 Å². The Morgan fingerprint density at radius 1 is 0.781 bits per heavy atom. The first-order valence-corrected chi connectivity index (χ1v) is 7.33. The Labute approximate surface area is 166 Å². The normalized spacial score (nSPS) is 16.0. The summed E-state index contributed by atoms with van der Waals surface area (Å²) in [5.41, 5.74) is -8.40. The SMILES string of the molecule is C=CC(=O)OC(O)CCOC(F)(F)C(F)(F)C(F)(F)C(F)(F)C(F)(C(F)(F)F)C(F)(F)F. The Kier molecular flexibility index (Phi) is 8.26. The molecule has 0 aliphatic rings. The van der Waals surface area contributed by atoms with Crippen molar-refractivity contribution in [1.82, 2.24) is 0 Å². The molecule has 0 fully saturated rings. The quantitative estimate of drug-likeness (QED) is 0.198. The molecule has 0 bridgehead atoms. The highest BCUT2D eigenvalue weighted by atomic mass is 19.4. The number of alkyl halides is 15. The van der Waals surface area contributed by atoms with Gasteiger partial charge in [-0.3, -0.25) is 0 Å². The van der Waals surface area contributed by atoms with E-state index in [0.29, 0.717) is 6.08 Å². The smallest absolute Gasteiger partial charge is 0.433 e. The number of rotatable bonds is 10. The molecule has 0 radical (unpaired) electrons. The minimum Gasteiger partial charge on any atom is -0.433 e. The lowest BCUT2D eigenvalue weighted by molar-refractivity contribution is -0.476. The average molecular weight is 514 g/mol. The van der Waals surface area contributed by atoms with Crippen LogP contribution in [0.5, 0.6) is 0 Å². The zero-order valence-electron chi connectivity index (χ0n) is 14.6. The zero-order valence-corrected chi connectivity index (χ0v) is 14.6. The predicted octanol–water partition coefficient (Wildman–Crippen LogP) is 4.77. The van der Waals surface area contributed by atoms with E-state index in [4.69, 9.17) is 5.11 Å². The van der Waals surface area contributed by atoms with E-state index >= 15 is 0 Å². The van der Waals surface area contributed by atoms with E-state index < -0.39 is 67.2 Å². The Morgan fingerprint density at radius 2 is 1.19 bits per heavy atom. The summed E-state index contributed by atoms with van der Waals surface area (Å²) in [6.45, 7) is 0.728. The van der Waals surface area contributed by atoms with Crippen LogP contribution in [0.25, 0.3) is 0 Å². The van der Waals surface area contributed by atoms with Crippen LogP contribution >= 0.6 is 0 Å². The Balaban J connectivity index is 6.04. The Bertz CT molecular complexity index is 668. The van der Waals surface area contributed by atoms with Crippen LogP contribution in [0.2, 0.25) is 0 Å².